The van der Waals surface area contributed by atoms with Gasteiger partial charge in [0.05, 0.1) is 0 Å². The summed E-state index contributed by atoms with van der Waals surface area (Å²) in [6, 6.07) is 0. The van der Waals surface area contributed by atoms with Gasteiger partial charge in [-0.3, -0.25) is 4.79 Å². The lowest BCUT2D eigenvalue weighted by Gasteiger charge is -2.00. The molecule has 64 valence electrons. The van der Waals surface area contributed by atoms with Gasteiger partial charge in [-0.1, -0.05) is 0 Å². The van der Waals surface area contributed by atoms with Crippen LogP contribution in [0.2, 0.25) is 0 Å². The van der Waals surface area contributed by atoms with Crippen molar-refractivity contribution in [2.45, 2.75) is 25.7 Å². The molecule has 0 unspecified atom stereocenters. The maximum absolute atomic E-state index is 10.9. The third kappa shape index (κ3) is 6.71. The van der Waals surface area contributed by atoms with E-state index in [1.54, 1.807) is 0 Å². The van der Waals surface area contributed by atoms with Crippen LogP contribution in [0.15, 0.2) is 0 Å². The fraction of sp³-hybridized carbons (Fsp3) is 0.500. The van der Waals surface area contributed by atoms with Crippen molar-refractivity contribution < 1.29 is 4.79 Å². The first-order valence-electron chi connectivity index (χ1n) is 3.95. The largest absolute Gasteiger partial charge is 0.355 e. The molecule has 1 N–H and O–H groups in total. The Morgan fingerprint density at radius 2 is 1.92 bits per heavy atom. The van der Waals surface area contributed by atoms with Crippen LogP contribution >= 0.6 is 0 Å². The smallest absolute Gasteiger partial charge is 0.220 e. The number of hydrogen-bond donors (Lipinski definition) is 1. The Morgan fingerprint density at radius 3 is 2.50 bits per heavy atom. The first-order chi connectivity index (χ1) is 5.81. The quantitative estimate of drug-likeness (QED) is 0.474. The van der Waals surface area contributed by atoms with Gasteiger partial charge in [0.1, 0.15) is 0 Å². The number of hydrogen-bond acceptors (Lipinski definition) is 1. The highest BCUT2D eigenvalue weighted by Gasteiger charge is 1.97. The number of terminal acetylenes is 2. The lowest BCUT2D eigenvalue weighted by Crippen LogP contribution is -2.23. The van der Waals surface area contributed by atoms with Crippen LogP contribution in [0.1, 0.15) is 25.7 Å². The molecule has 0 aromatic heterocycles. The zero-order valence-electron chi connectivity index (χ0n) is 7.10. The number of rotatable bonds is 5. The van der Waals surface area contributed by atoms with E-state index in [-0.39, 0.29) is 5.91 Å². The minimum absolute atomic E-state index is 0.0282. The van der Waals surface area contributed by atoms with Crippen molar-refractivity contribution in [2.75, 3.05) is 6.54 Å². The van der Waals surface area contributed by atoms with Crippen LogP contribution in [-0.4, -0.2) is 12.5 Å². The third-order valence-corrected chi connectivity index (χ3v) is 1.32. The third-order valence-electron chi connectivity index (χ3n) is 1.32. The van der Waals surface area contributed by atoms with Crippen LogP contribution in [0.4, 0.5) is 0 Å². The maximum Gasteiger partial charge on any atom is 0.220 e. The minimum atomic E-state index is 0.0282. The summed E-state index contributed by atoms with van der Waals surface area (Å²) in [5, 5.41) is 2.69. The Kier molecular flexibility index (Phi) is 6.79. The summed E-state index contributed by atoms with van der Waals surface area (Å²) in [5.74, 6) is 4.95. The second-order valence-electron chi connectivity index (χ2n) is 2.36. The second-order valence-corrected chi connectivity index (χ2v) is 2.36. The van der Waals surface area contributed by atoms with Crippen LogP contribution in [0.3, 0.4) is 0 Å². The van der Waals surface area contributed by atoms with Crippen LogP contribution in [0.5, 0.6) is 0 Å². The molecular formula is C10H13NO. The first kappa shape index (κ1) is 10.6. The van der Waals surface area contributed by atoms with Gasteiger partial charge < -0.3 is 5.32 Å². The van der Waals surface area contributed by atoms with Crippen molar-refractivity contribution in [3.05, 3.63) is 0 Å². The Balaban J connectivity index is 3.24. The normalized spacial score (nSPS) is 8.17. The fourth-order valence-electron chi connectivity index (χ4n) is 0.713. The minimum Gasteiger partial charge on any atom is -0.355 e. The molecule has 0 bridgehead atoms. The summed E-state index contributed by atoms with van der Waals surface area (Å²) in [6.45, 7) is 0.561. The molecule has 0 fully saturated rings. The predicted molar refractivity (Wildman–Crippen MR) is 49.1 cm³/mol. The molecular weight excluding hydrogens is 150 g/mol. The van der Waals surface area contributed by atoms with E-state index in [0.717, 1.165) is 6.42 Å². The average Bonchev–Trinajstić information content (AvgIpc) is 2.06. The van der Waals surface area contributed by atoms with E-state index in [4.69, 9.17) is 12.8 Å². The SMILES string of the molecule is C#CCCCC(=O)NCCC#C. The molecule has 0 aliphatic carbocycles. The van der Waals surface area contributed by atoms with Crippen LogP contribution in [0.25, 0.3) is 0 Å². The first-order valence-corrected chi connectivity index (χ1v) is 3.95. The van der Waals surface area contributed by atoms with E-state index < -0.39 is 0 Å². The summed E-state index contributed by atoms with van der Waals surface area (Å²) in [7, 11) is 0. The maximum atomic E-state index is 10.9. The van der Waals surface area contributed by atoms with E-state index in [0.29, 0.717) is 25.8 Å². The lowest BCUT2D eigenvalue weighted by molar-refractivity contribution is -0.121. The zero-order chi connectivity index (χ0) is 9.23. The highest BCUT2D eigenvalue weighted by molar-refractivity contribution is 5.75. The van der Waals surface area contributed by atoms with Crippen molar-refractivity contribution in [3.63, 3.8) is 0 Å². The van der Waals surface area contributed by atoms with Crippen LogP contribution in [-0.2, 0) is 4.79 Å². The van der Waals surface area contributed by atoms with E-state index in [1.165, 1.54) is 0 Å². The van der Waals surface area contributed by atoms with Gasteiger partial charge in [0.25, 0.3) is 0 Å². The second kappa shape index (κ2) is 7.69. The summed E-state index contributed by atoms with van der Waals surface area (Å²) in [5.41, 5.74) is 0. The number of carbonyl (C=O) groups is 1. The molecule has 0 aliphatic rings. The Bertz CT molecular complexity index is 185. The number of carbonyl (C=O) groups excluding carboxylic acids is 1. The molecule has 2 nitrogen and oxygen atoms in total. The van der Waals surface area contributed by atoms with Gasteiger partial charge in [-0.05, 0) is 6.42 Å². The molecule has 0 atom stereocenters. The number of nitrogens with one attached hydrogen (secondary N) is 1. The van der Waals surface area contributed by atoms with Gasteiger partial charge in [0.2, 0.25) is 5.91 Å². The summed E-state index contributed by atoms with van der Waals surface area (Å²) in [6.07, 6.45) is 12.5. The monoisotopic (exact) mass is 163 g/mol. The molecule has 12 heavy (non-hydrogen) atoms. The summed E-state index contributed by atoms with van der Waals surface area (Å²) in [4.78, 5) is 10.9. The lowest BCUT2D eigenvalue weighted by atomic mass is 10.2. The van der Waals surface area contributed by atoms with E-state index >= 15 is 0 Å². The molecule has 2 heteroatoms. The Labute approximate surface area is 73.7 Å². The number of unbranched alkanes of at least 4 members (excludes halogenated alkanes) is 1. The summed E-state index contributed by atoms with van der Waals surface area (Å²) >= 11 is 0. The van der Waals surface area contributed by atoms with Crippen molar-refractivity contribution in [1.29, 1.82) is 0 Å². The van der Waals surface area contributed by atoms with Crippen LogP contribution in [0, 0.1) is 24.7 Å². The summed E-state index contributed by atoms with van der Waals surface area (Å²) < 4.78 is 0. The molecule has 0 aromatic rings. The molecule has 0 aliphatic heterocycles. The fourth-order valence-corrected chi connectivity index (χ4v) is 0.713. The van der Waals surface area contributed by atoms with Gasteiger partial charge in [-0.2, -0.15) is 0 Å². The number of amides is 1. The van der Waals surface area contributed by atoms with Gasteiger partial charge in [-0.25, -0.2) is 0 Å². The van der Waals surface area contributed by atoms with E-state index in [2.05, 4.69) is 17.2 Å². The highest BCUT2D eigenvalue weighted by Crippen LogP contribution is 1.92. The average molecular weight is 163 g/mol. The highest BCUT2D eigenvalue weighted by atomic mass is 16.1. The Hall–Kier alpha value is -1.41. The van der Waals surface area contributed by atoms with Gasteiger partial charge in [0.15, 0.2) is 0 Å². The van der Waals surface area contributed by atoms with E-state index in [1.807, 2.05) is 0 Å². The predicted octanol–water partition coefficient (Wildman–Crippen LogP) is 0.929. The van der Waals surface area contributed by atoms with Crippen molar-refractivity contribution in [3.8, 4) is 24.7 Å². The molecule has 0 radical (unpaired) electrons. The zero-order valence-corrected chi connectivity index (χ0v) is 7.10. The molecule has 0 saturated heterocycles. The topological polar surface area (TPSA) is 29.1 Å². The molecule has 0 heterocycles. The van der Waals surface area contributed by atoms with Crippen molar-refractivity contribution in [1.82, 2.24) is 5.32 Å². The van der Waals surface area contributed by atoms with Gasteiger partial charge in [-0.15, -0.1) is 24.7 Å². The van der Waals surface area contributed by atoms with Crippen molar-refractivity contribution >= 4 is 5.91 Å². The molecule has 0 rings (SSSR count). The molecule has 0 saturated carbocycles. The molecule has 0 aromatic carbocycles. The Morgan fingerprint density at radius 1 is 1.25 bits per heavy atom. The van der Waals surface area contributed by atoms with Gasteiger partial charge >= 0.3 is 0 Å². The molecule has 0 spiro atoms. The standard InChI is InChI=1S/C10H13NO/c1-3-5-7-8-10(12)11-9-6-4-2/h1-2H,5-9H2,(H,11,12). The van der Waals surface area contributed by atoms with Gasteiger partial charge in [0, 0.05) is 25.8 Å². The molecule has 1 amide bonds. The van der Waals surface area contributed by atoms with Crippen molar-refractivity contribution in [2.24, 2.45) is 0 Å². The van der Waals surface area contributed by atoms with E-state index in [9.17, 15) is 4.79 Å². The van der Waals surface area contributed by atoms with Crippen LogP contribution < -0.4 is 5.32 Å².